The number of hydrogen-bond acceptors (Lipinski definition) is 5. The maximum Gasteiger partial charge on any atom is 0.311 e. The average Bonchev–Trinajstić information content (AvgIpc) is 3.37. The van der Waals surface area contributed by atoms with Crippen molar-refractivity contribution in [1.82, 2.24) is 0 Å². The van der Waals surface area contributed by atoms with Gasteiger partial charge < -0.3 is 9.47 Å². The summed E-state index contributed by atoms with van der Waals surface area (Å²) >= 11 is 0. The molecule has 3 rings (SSSR count). The van der Waals surface area contributed by atoms with Gasteiger partial charge in [0.1, 0.15) is 12.7 Å². The SMILES string of the molecule is Cc1ccc(C(=O)c2ccc(OCC3CO3)c([N+](=O)[O-])c2)cc1. The number of nitrogens with zero attached hydrogens (tertiary/aromatic N) is 1. The highest BCUT2D eigenvalue weighted by Crippen LogP contribution is 2.29. The summed E-state index contributed by atoms with van der Waals surface area (Å²) in [6.45, 7) is 2.80. The molecule has 0 N–H and O–H groups in total. The number of benzene rings is 2. The van der Waals surface area contributed by atoms with Gasteiger partial charge in [-0.1, -0.05) is 29.8 Å². The zero-order valence-electron chi connectivity index (χ0n) is 12.5. The van der Waals surface area contributed by atoms with Gasteiger partial charge in [0.2, 0.25) is 0 Å². The van der Waals surface area contributed by atoms with Gasteiger partial charge in [0.05, 0.1) is 11.5 Å². The Kier molecular flexibility index (Phi) is 4.08. The molecule has 6 nitrogen and oxygen atoms in total. The first kappa shape index (κ1) is 15.2. The van der Waals surface area contributed by atoms with Crippen LogP contribution in [0.25, 0.3) is 0 Å². The van der Waals surface area contributed by atoms with Crippen LogP contribution in [0.4, 0.5) is 5.69 Å². The monoisotopic (exact) mass is 313 g/mol. The van der Waals surface area contributed by atoms with Crippen LogP contribution in [0.2, 0.25) is 0 Å². The number of aryl methyl sites for hydroxylation is 1. The van der Waals surface area contributed by atoms with Crippen molar-refractivity contribution >= 4 is 11.5 Å². The topological polar surface area (TPSA) is 82.0 Å². The van der Waals surface area contributed by atoms with Crippen LogP contribution < -0.4 is 4.74 Å². The molecule has 2 aromatic carbocycles. The third-order valence-electron chi connectivity index (χ3n) is 3.56. The lowest BCUT2D eigenvalue weighted by molar-refractivity contribution is -0.385. The van der Waals surface area contributed by atoms with Crippen molar-refractivity contribution in [3.63, 3.8) is 0 Å². The maximum atomic E-state index is 12.4. The minimum Gasteiger partial charge on any atom is -0.484 e. The van der Waals surface area contributed by atoms with Gasteiger partial charge in [-0.3, -0.25) is 14.9 Å². The molecule has 1 atom stereocenters. The fourth-order valence-corrected chi connectivity index (χ4v) is 2.14. The van der Waals surface area contributed by atoms with Crippen molar-refractivity contribution in [3.05, 3.63) is 69.3 Å². The maximum absolute atomic E-state index is 12.4. The Balaban J connectivity index is 1.87. The summed E-state index contributed by atoms with van der Waals surface area (Å²) in [5.74, 6) is -0.115. The zero-order valence-corrected chi connectivity index (χ0v) is 12.5. The molecule has 23 heavy (non-hydrogen) atoms. The average molecular weight is 313 g/mol. The van der Waals surface area contributed by atoms with E-state index in [4.69, 9.17) is 9.47 Å². The third kappa shape index (κ3) is 3.54. The lowest BCUT2D eigenvalue weighted by atomic mass is 10.0. The summed E-state index contributed by atoms with van der Waals surface area (Å²) in [6, 6.07) is 11.3. The van der Waals surface area contributed by atoms with Gasteiger partial charge in [0.25, 0.3) is 0 Å². The van der Waals surface area contributed by atoms with Crippen molar-refractivity contribution in [2.45, 2.75) is 13.0 Å². The summed E-state index contributed by atoms with van der Waals surface area (Å²) in [4.78, 5) is 23.1. The Morgan fingerprint density at radius 1 is 1.26 bits per heavy atom. The minimum absolute atomic E-state index is 0.00321. The molecular formula is C17H15NO5. The number of ether oxygens (including phenoxy) is 2. The quantitative estimate of drug-likeness (QED) is 0.354. The van der Waals surface area contributed by atoms with E-state index in [9.17, 15) is 14.9 Å². The Labute approximate surface area is 132 Å². The van der Waals surface area contributed by atoms with E-state index in [1.165, 1.54) is 18.2 Å². The highest BCUT2D eigenvalue weighted by Gasteiger charge is 2.26. The number of carbonyl (C=O) groups excluding carboxylic acids is 1. The minimum atomic E-state index is -0.547. The van der Waals surface area contributed by atoms with E-state index in [-0.39, 0.29) is 35.5 Å². The number of hydrogen-bond donors (Lipinski definition) is 0. The van der Waals surface area contributed by atoms with E-state index in [0.29, 0.717) is 12.2 Å². The molecule has 0 saturated carbocycles. The van der Waals surface area contributed by atoms with Gasteiger partial charge in [-0.2, -0.15) is 0 Å². The molecule has 118 valence electrons. The number of rotatable bonds is 6. The molecule has 1 fully saturated rings. The van der Waals surface area contributed by atoms with Crippen molar-refractivity contribution in [1.29, 1.82) is 0 Å². The Morgan fingerprint density at radius 3 is 2.52 bits per heavy atom. The van der Waals surface area contributed by atoms with E-state index >= 15 is 0 Å². The van der Waals surface area contributed by atoms with E-state index in [1.54, 1.807) is 12.1 Å². The number of carbonyl (C=O) groups is 1. The normalized spacial score (nSPS) is 16.0. The molecule has 1 unspecified atom stereocenters. The van der Waals surface area contributed by atoms with Crippen LogP contribution in [0, 0.1) is 17.0 Å². The number of epoxide rings is 1. The standard InChI is InChI=1S/C17H15NO5/c1-11-2-4-12(5-3-11)17(19)13-6-7-16(15(8-13)18(20)21)23-10-14-9-22-14/h2-8,14H,9-10H2,1H3. The molecule has 1 heterocycles. The van der Waals surface area contributed by atoms with Gasteiger partial charge in [-0.15, -0.1) is 0 Å². The second kappa shape index (κ2) is 6.18. The summed E-state index contributed by atoms with van der Waals surface area (Å²) in [5, 5.41) is 11.2. The van der Waals surface area contributed by atoms with Gasteiger partial charge in [0, 0.05) is 17.2 Å². The fourth-order valence-electron chi connectivity index (χ4n) is 2.14. The van der Waals surface area contributed by atoms with E-state index in [0.717, 1.165) is 5.56 Å². The summed E-state index contributed by atoms with van der Waals surface area (Å²) < 4.78 is 10.4. The molecule has 0 radical (unpaired) electrons. The van der Waals surface area contributed by atoms with Gasteiger partial charge in [-0.25, -0.2) is 0 Å². The van der Waals surface area contributed by atoms with Crippen LogP contribution >= 0.6 is 0 Å². The van der Waals surface area contributed by atoms with Crippen LogP contribution in [0.1, 0.15) is 21.5 Å². The number of nitro benzene ring substituents is 1. The van der Waals surface area contributed by atoms with Gasteiger partial charge >= 0.3 is 5.69 Å². The molecule has 1 aliphatic heterocycles. The third-order valence-corrected chi connectivity index (χ3v) is 3.56. The van der Waals surface area contributed by atoms with Crippen molar-refractivity contribution < 1.29 is 19.2 Å². The lowest BCUT2D eigenvalue weighted by Gasteiger charge is -2.07. The number of nitro groups is 1. The van der Waals surface area contributed by atoms with Gasteiger partial charge in [0.15, 0.2) is 11.5 Å². The zero-order chi connectivity index (χ0) is 16.4. The molecule has 0 bridgehead atoms. The van der Waals surface area contributed by atoms with E-state index in [1.807, 2.05) is 19.1 Å². The smallest absolute Gasteiger partial charge is 0.311 e. The first-order chi connectivity index (χ1) is 11.0. The molecular weight excluding hydrogens is 298 g/mol. The molecule has 6 heteroatoms. The molecule has 1 aliphatic rings. The highest BCUT2D eigenvalue weighted by molar-refractivity contribution is 6.09. The fraction of sp³-hybridized carbons (Fsp3) is 0.235. The van der Waals surface area contributed by atoms with Crippen LogP contribution in [-0.4, -0.2) is 30.0 Å². The Bertz CT molecular complexity index is 750. The van der Waals surface area contributed by atoms with Crippen LogP contribution in [0.15, 0.2) is 42.5 Å². The summed E-state index contributed by atoms with van der Waals surface area (Å²) in [5.41, 5.74) is 1.57. The van der Waals surface area contributed by atoms with Crippen LogP contribution in [-0.2, 0) is 4.74 Å². The van der Waals surface area contributed by atoms with Crippen molar-refractivity contribution in [2.24, 2.45) is 0 Å². The first-order valence-electron chi connectivity index (χ1n) is 7.19. The van der Waals surface area contributed by atoms with Crippen LogP contribution in [0.5, 0.6) is 5.75 Å². The van der Waals surface area contributed by atoms with E-state index < -0.39 is 4.92 Å². The number of ketones is 1. The summed E-state index contributed by atoms with van der Waals surface area (Å²) in [7, 11) is 0. The first-order valence-corrected chi connectivity index (χ1v) is 7.19. The van der Waals surface area contributed by atoms with Crippen LogP contribution in [0.3, 0.4) is 0 Å². The second-order valence-electron chi connectivity index (χ2n) is 5.40. The molecule has 0 aliphatic carbocycles. The van der Waals surface area contributed by atoms with Gasteiger partial charge in [-0.05, 0) is 19.1 Å². The molecule has 2 aromatic rings. The highest BCUT2D eigenvalue weighted by atomic mass is 16.6. The predicted octanol–water partition coefficient (Wildman–Crippen LogP) is 2.91. The molecule has 1 saturated heterocycles. The second-order valence-corrected chi connectivity index (χ2v) is 5.40. The van der Waals surface area contributed by atoms with Crippen molar-refractivity contribution in [2.75, 3.05) is 13.2 Å². The predicted molar refractivity (Wildman–Crippen MR) is 82.9 cm³/mol. The Hall–Kier alpha value is -2.73. The van der Waals surface area contributed by atoms with Crippen molar-refractivity contribution in [3.8, 4) is 5.75 Å². The molecule has 0 amide bonds. The lowest BCUT2D eigenvalue weighted by Crippen LogP contribution is -2.07. The summed E-state index contributed by atoms with van der Waals surface area (Å²) in [6.07, 6.45) is 0.00321. The molecule has 0 spiro atoms. The van der Waals surface area contributed by atoms with E-state index in [2.05, 4.69) is 0 Å². The molecule has 0 aromatic heterocycles. The Morgan fingerprint density at radius 2 is 1.91 bits per heavy atom. The largest absolute Gasteiger partial charge is 0.484 e.